The van der Waals surface area contributed by atoms with Gasteiger partial charge in [-0.3, -0.25) is 4.79 Å². The number of nitrogens with zero attached hydrogens (tertiary/aromatic N) is 1. The summed E-state index contributed by atoms with van der Waals surface area (Å²) in [5.74, 6) is -0.265. The van der Waals surface area contributed by atoms with Gasteiger partial charge in [-0.15, -0.1) is 0 Å². The molecule has 5 heteroatoms. The second kappa shape index (κ2) is 6.61. The van der Waals surface area contributed by atoms with E-state index in [2.05, 4.69) is 4.74 Å². The maximum absolute atomic E-state index is 11.3. The fourth-order valence-electron chi connectivity index (χ4n) is 1.20. The van der Waals surface area contributed by atoms with E-state index < -0.39 is 0 Å². The first-order valence-corrected chi connectivity index (χ1v) is 6.42. The molecule has 1 atom stereocenters. The number of ether oxygens (including phenoxy) is 1. The summed E-state index contributed by atoms with van der Waals surface area (Å²) in [7, 11) is 3.26. The smallest absolute Gasteiger partial charge is 0.318 e. The zero-order valence-electron chi connectivity index (χ0n) is 10.0. The zero-order chi connectivity index (χ0) is 12.8. The number of benzene rings is 1. The first-order chi connectivity index (χ1) is 8.06. The fraction of sp³-hybridized carbons (Fsp3) is 0.333. The van der Waals surface area contributed by atoms with Gasteiger partial charge in [0.2, 0.25) is 0 Å². The number of thioether (sulfide) groups is 1. The van der Waals surface area contributed by atoms with E-state index in [-0.39, 0.29) is 11.2 Å². The van der Waals surface area contributed by atoms with Crippen LogP contribution < -0.4 is 4.90 Å². The molecule has 0 fully saturated rings. The minimum Gasteiger partial charge on any atom is -0.468 e. The van der Waals surface area contributed by atoms with Gasteiger partial charge < -0.3 is 9.64 Å². The molecule has 0 aliphatic carbocycles. The molecule has 0 heterocycles. The molecule has 1 rings (SSSR count). The van der Waals surface area contributed by atoms with Crippen LogP contribution in [0.1, 0.15) is 6.92 Å². The highest BCUT2D eigenvalue weighted by Gasteiger charge is 2.18. The largest absolute Gasteiger partial charge is 0.468 e. The van der Waals surface area contributed by atoms with Crippen molar-refractivity contribution in [2.75, 3.05) is 19.1 Å². The zero-order valence-corrected chi connectivity index (χ0v) is 11.7. The second-order valence-electron chi connectivity index (χ2n) is 3.44. The molecule has 0 saturated carbocycles. The third kappa shape index (κ3) is 4.02. The van der Waals surface area contributed by atoms with E-state index in [1.54, 1.807) is 6.92 Å². The monoisotopic (exact) mass is 269 g/mol. The van der Waals surface area contributed by atoms with Gasteiger partial charge in [-0.05, 0) is 19.1 Å². The van der Waals surface area contributed by atoms with Crippen molar-refractivity contribution in [3.05, 3.63) is 30.3 Å². The number of carbonyl (C=O) groups excluding carboxylic acids is 1. The van der Waals surface area contributed by atoms with Crippen LogP contribution in [0, 0.1) is 0 Å². The Labute approximate surface area is 111 Å². The van der Waals surface area contributed by atoms with E-state index in [1.165, 1.54) is 18.9 Å². The van der Waals surface area contributed by atoms with Crippen molar-refractivity contribution < 1.29 is 9.53 Å². The van der Waals surface area contributed by atoms with Gasteiger partial charge in [0.05, 0.1) is 7.11 Å². The first-order valence-electron chi connectivity index (χ1n) is 5.13. The SMILES string of the molecule is COC(=O)C(C)SC(=S)N(C)c1ccccc1. The van der Waals surface area contributed by atoms with Crippen LogP contribution in [0.15, 0.2) is 30.3 Å². The maximum Gasteiger partial charge on any atom is 0.318 e. The van der Waals surface area contributed by atoms with Crippen LogP contribution in [0.25, 0.3) is 0 Å². The third-order valence-corrected chi connectivity index (χ3v) is 3.81. The van der Waals surface area contributed by atoms with E-state index in [0.29, 0.717) is 4.32 Å². The Kier molecular flexibility index (Phi) is 5.44. The molecule has 0 aromatic heterocycles. The molecule has 0 bridgehead atoms. The second-order valence-corrected chi connectivity index (χ2v) is 5.42. The summed E-state index contributed by atoms with van der Waals surface area (Å²) < 4.78 is 5.31. The molecule has 1 unspecified atom stereocenters. The third-order valence-electron chi connectivity index (χ3n) is 2.23. The Balaban J connectivity index is 2.62. The predicted molar refractivity (Wildman–Crippen MR) is 76.5 cm³/mol. The van der Waals surface area contributed by atoms with Crippen molar-refractivity contribution in [2.24, 2.45) is 0 Å². The molecular formula is C12H15NO2S2. The minimum atomic E-state index is -0.293. The van der Waals surface area contributed by atoms with Crippen molar-refractivity contribution in [1.29, 1.82) is 0 Å². The number of hydrogen-bond donors (Lipinski definition) is 0. The van der Waals surface area contributed by atoms with Crippen LogP contribution in [0.2, 0.25) is 0 Å². The van der Waals surface area contributed by atoms with E-state index in [1.807, 2.05) is 42.3 Å². The lowest BCUT2D eigenvalue weighted by Crippen LogP contribution is -2.26. The van der Waals surface area contributed by atoms with Crippen LogP contribution in [-0.2, 0) is 9.53 Å². The van der Waals surface area contributed by atoms with E-state index >= 15 is 0 Å². The van der Waals surface area contributed by atoms with Crippen molar-refractivity contribution in [1.82, 2.24) is 0 Å². The number of methoxy groups -OCH3 is 1. The molecule has 0 radical (unpaired) electrons. The average Bonchev–Trinajstić information content (AvgIpc) is 2.37. The fourth-order valence-corrected chi connectivity index (χ4v) is 2.50. The Morgan fingerprint density at radius 2 is 2.00 bits per heavy atom. The maximum atomic E-state index is 11.3. The van der Waals surface area contributed by atoms with Crippen LogP contribution in [0.5, 0.6) is 0 Å². The summed E-state index contributed by atoms with van der Waals surface area (Å²) in [6, 6.07) is 9.78. The topological polar surface area (TPSA) is 29.5 Å². The molecule has 0 N–H and O–H groups in total. The number of rotatable bonds is 3. The summed E-state index contributed by atoms with van der Waals surface area (Å²) in [6.45, 7) is 1.78. The summed E-state index contributed by atoms with van der Waals surface area (Å²) in [6.07, 6.45) is 0. The highest BCUT2D eigenvalue weighted by atomic mass is 32.2. The van der Waals surface area contributed by atoms with Gasteiger partial charge in [0, 0.05) is 12.7 Å². The van der Waals surface area contributed by atoms with Crippen molar-refractivity contribution in [3.63, 3.8) is 0 Å². The number of esters is 1. The van der Waals surface area contributed by atoms with E-state index in [4.69, 9.17) is 12.2 Å². The van der Waals surface area contributed by atoms with Gasteiger partial charge in [-0.2, -0.15) is 0 Å². The predicted octanol–water partition coefficient (Wildman–Crippen LogP) is 2.70. The summed E-state index contributed by atoms with van der Waals surface area (Å²) in [5, 5.41) is -0.293. The Bertz CT molecular complexity index is 395. The summed E-state index contributed by atoms with van der Waals surface area (Å²) in [4.78, 5) is 13.2. The number of anilines is 1. The molecule has 0 amide bonds. The molecule has 1 aromatic rings. The molecule has 0 aliphatic rings. The molecule has 0 spiro atoms. The Morgan fingerprint density at radius 1 is 1.41 bits per heavy atom. The van der Waals surface area contributed by atoms with Crippen LogP contribution in [-0.4, -0.2) is 29.7 Å². The average molecular weight is 269 g/mol. The van der Waals surface area contributed by atoms with Gasteiger partial charge in [0.15, 0.2) is 0 Å². The highest BCUT2D eigenvalue weighted by Crippen LogP contribution is 2.21. The number of thiocarbonyl (C=S) groups is 1. The normalized spacial score (nSPS) is 11.7. The highest BCUT2D eigenvalue weighted by molar-refractivity contribution is 8.24. The number of para-hydroxylation sites is 1. The van der Waals surface area contributed by atoms with Crippen LogP contribution >= 0.6 is 24.0 Å². The molecule has 17 heavy (non-hydrogen) atoms. The van der Waals surface area contributed by atoms with Gasteiger partial charge in [0.1, 0.15) is 9.57 Å². The lowest BCUT2D eigenvalue weighted by molar-refractivity contribution is -0.139. The number of carbonyl (C=O) groups is 1. The van der Waals surface area contributed by atoms with Gasteiger partial charge in [0.25, 0.3) is 0 Å². The van der Waals surface area contributed by atoms with Gasteiger partial charge >= 0.3 is 5.97 Å². The van der Waals surface area contributed by atoms with Crippen molar-refractivity contribution >= 4 is 40.0 Å². The Morgan fingerprint density at radius 3 is 2.53 bits per heavy atom. The van der Waals surface area contributed by atoms with Gasteiger partial charge in [-0.25, -0.2) is 0 Å². The molecule has 1 aromatic carbocycles. The summed E-state index contributed by atoms with van der Waals surface area (Å²) in [5.41, 5.74) is 1.00. The molecule has 0 saturated heterocycles. The lowest BCUT2D eigenvalue weighted by Gasteiger charge is -2.21. The Hall–Kier alpha value is -1.07. The van der Waals surface area contributed by atoms with Gasteiger partial charge in [-0.1, -0.05) is 42.2 Å². The molecular weight excluding hydrogens is 254 g/mol. The minimum absolute atomic E-state index is 0.265. The molecule has 3 nitrogen and oxygen atoms in total. The van der Waals surface area contributed by atoms with E-state index in [0.717, 1.165) is 5.69 Å². The molecule has 0 aliphatic heterocycles. The van der Waals surface area contributed by atoms with E-state index in [9.17, 15) is 4.79 Å². The first kappa shape index (κ1) is 14.0. The van der Waals surface area contributed by atoms with Crippen molar-refractivity contribution in [2.45, 2.75) is 12.2 Å². The van der Waals surface area contributed by atoms with Crippen LogP contribution in [0.4, 0.5) is 5.69 Å². The standard InChI is InChI=1S/C12H15NO2S2/c1-9(11(14)15-3)17-12(16)13(2)10-7-5-4-6-8-10/h4-9H,1-3H3. The summed E-state index contributed by atoms with van der Waals surface area (Å²) >= 11 is 6.60. The quantitative estimate of drug-likeness (QED) is 0.622. The lowest BCUT2D eigenvalue weighted by atomic mass is 10.3. The van der Waals surface area contributed by atoms with Crippen LogP contribution in [0.3, 0.4) is 0 Å². The molecule has 92 valence electrons. The van der Waals surface area contributed by atoms with Crippen molar-refractivity contribution in [3.8, 4) is 0 Å². The number of hydrogen-bond acceptors (Lipinski definition) is 4.